The molecule has 78 valence electrons. The van der Waals surface area contributed by atoms with Gasteiger partial charge in [0.05, 0.1) is 6.61 Å². The van der Waals surface area contributed by atoms with E-state index >= 15 is 0 Å². The van der Waals surface area contributed by atoms with E-state index in [4.69, 9.17) is 5.11 Å². The van der Waals surface area contributed by atoms with Gasteiger partial charge in [0.25, 0.3) is 0 Å². The van der Waals surface area contributed by atoms with Crippen molar-refractivity contribution in [1.29, 1.82) is 0 Å². The van der Waals surface area contributed by atoms with E-state index < -0.39 is 0 Å². The van der Waals surface area contributed by atoms with E-state index in [1.165, 1.54) is 13.0 Å². The summed E-state index contributed by atoms with van der Waals surface area (Å²) >= 11 is 0. The first kappa shape index (κ1) is 11.0. The summed E-state index contributed by atoms with van der Waals surface area (Å²) in [6.45, 7) is 7.90. The summed E-state index contributed by atoms with van der Waals surface area (Å²) in [6, 6.07) is 1.39. The van der Waals surface area contributed by atoms with Crippen LogP contribution in [0.2, 0.25) is 0 Å². The molecule has 1 N–H and O–H groups in total. The van der Waals surface area contributed by atoms with Crippen LogP contribution in [0.4, 0.5) is 0 Å². The summed E-state index contributed by atoms with van der Waals surface area (Å²) in [6.07, 6.45) is 1.31. The average molecular weight is 186 g/mol. The largest absolute Gasteiger partial charge is 0.395 e. The zero-order valence-corrected chi connectivity index (χ0v) is 9.03. The maximum absolute atomic E-state index is 8.76. The summed E-state index contributed by atoms with van der Waals surface area (Å²) in [5, 5.41) is 8.76. The Morgan fingerprint density at radius 1 is 1.54 bits per heavy atom. The highest BCUT2D eigenvalue weighted by Gasteiger charge is 2.30. The van der Waals surface area contributed by atoms with Gasteiger partial charge in [-0.3, -0.25) is 4.90 Å². The molecule has 13 heavy (non-hydrogen) atoms. The standard InChI is InChI=1S/C10H22N2O/c1-9(2)12-5-4-10(12)8-11(3)6-7-13/h9-10,13H,4-8H2,1-3H3. The Morgan fingerprint density at radius 3 is 2.62 bits per heavy atom. The Morgan fingerprint density at radius 2 is 2.23 bits per heavy atom. The summed E-state index contributed by atoms with van der Waals surface area (Å²) in [5.41, 5.74) is 0. The van der Waals surface area contributed by atoms with Gasteiger partial charge >= 0.3 is 0 Å². The predicted molar refractivity (Wildman–Crippen MR) is 54.8 cm³/mol. The second-order valence-electron chi connectivity index (χ2n) is 4.26. The molecule has 1 saturated heterocycles. The van der Waals surface area contributed by atoms with Gasteiger partial charge in [-0.1, -0.05) is 0 Å². The lowest BCUT2D eigenvalue weighted by molar-refractivity contribution is 0.0321. The van der Waals surface area contributed by atoms with Crippen LogP contribution in [0.1, 0.15) is 20.3 Å². The number of rotatable bonds is 5. The molecule has 0 amide bonds. The van der Waals surface area contributed by atoms with Crippen molar-refractivity contribution in [3.05, 3.63) is 0 Å². The topological polar surface area (TPSA) is 26.7 Å². The lowest BCUT2D eigenvalue weighted by Crippen LogP contribution is -2.55. The van der Waals surface area contributed by atoms with Gasteiger partial charge in [-0.05, 0) is 27.3 Å². The number of aliphatic hydroxyl groups is 1. The Kier molecular flexibility index (Phi) is 4.16. The first-order chi connectivity index (χ1) is 6.15. The Labute approximate surface area is 81.3 Å². The molecule has 0 spiro atoms. The highest BCUT2D eigenvalue weighted by molar-refractivity contribution is 4.86. The highest BCUT2D eigenvalue weighted by Crippen LogP contribution is 2.20. The van der Waals surface area contributed by atoms with Crippen LogP contribution < -0.4 is 0 Å². The monoisotopic (exact) mass is 186 g/mol. The molecule has 0 aliphatic carbocycles. The van der Waals surface area contributed by atoms with Gasteiger partial charge in [-0.15, -0.1) is 0 Å². The molecule has 1 aliphatic heterocycles. The fourth-order valence-electron chi connectivity index (χ4n) is 1.96. The first-order valence-corrected chi connectivity index (χ1v) is 5.20. The van der Waals surface area contributed by atoms with Crippen molar-refractivity contribution in [1.82, 2.24) is 9.80 Å². The molecule has 1 unspecified atom stereocenters. The molecule has 1 rings (SSSR count). The lowest BCUT2D eigenvalue weighted by atomic mass is 10.0. The van der Waals surface area contributed by atoms with Crippen LogP contribution in [-0.2, 0) is 0 Å². The van der Waals surface area contributed by atoms with E-state index in [9.17, 15) is 0 Å². The first-order valence-electron chi connectivity index (χ1n) is 5.20. The van der Waals surface area contributed by atoms with Crippen molar-refractivity contribution in [3.63, 3.8) is 0 Å². The van der Waals surface area contributed by atoms with E-state index in [0.29, 0.717) is 6.04 Å². The third-order valence-electron chi connectivity index (χ3n) is 2.86. The summed E-state index contributed by atoms with van der Waals surface area (Å²) in [5.74, 6) is 0. The van der Waals surface area contributed by atoms with E-state index in [1.54, 1.807) is 0 Å². The van der Waals surface area contributed by atoms with Gasteiger partial charge < -0.3 is 10.0 Å². The van der Waals surface area contributed by atoms with Crippen LogP contribution >= 0.6 is 0 Å². The second-order valence-corrected chi connectivity index (χ2v) is 4.26. The zero-order chi connectivity index (χ0) is 9.84. The van der Waals surface area contributed by atoms with Crippen LogP contribution in [0.3, 0.4) is 0 Å². The highest BCUT2D eigenvalue weighted by atomic mass is 16.3. The number of hydrogen-bond donors (Lipinski definition) is 1. The van der Waals surface area contributed by atoms with Crippen LogP contribution in [0.25, 0.3) is 0 Å². The molecule has 1 atom stereocenters. The number of aliphatic hydroxyl groups excluding tert-OH is 1. The van der Waals surface area contributed by atoms with E-state index in [-0.39, 0.29) is 6.61 Å². The molecule has 1 fully saturated rings. The van der Waals surface area contributed by atoms with Gasteiger partial charge in [0, 0.05) is 31.7 Å². The predicted octanol–water partition coefficient (Wildman–Crippen LogP) is 0.393. The maximum atomic E-state index is 8.76. The fourth-order valence-corrected chi connectivity index (χ4v) is 1.96. The molecular weight excluding hydrogens is 164 g/mol. The van der Waals surface area contributed by atoms with Gasteiger partial charge in [0.2, 0.25) is 0 Å². The number of likely N-dealkylation sites (N-methyl/N-ethyl adjacent to an activating group) is 1. The van der Waals surface area contributed by atoms with Gasteiger partial charge in [-0.25, -0.2) is 0 Å². The molecule has 0 radical (unpaired) electrons. The number of hydrogen-bond acceptors (Lipinski definition) is 3. The van der Waals surface area contributed by atoms with Crippen LogP contribution in [-0.4, -0.2) is 60.3 Å². The molecule has 0 bridgehead atoms. The van der Waals surface area contributed by atoms with E-state index in [2.05, 4.69) is 30.7 Å². The number of likely N-dealkylation sites (tertiary alicyclic amines) is 1. The van der Waals surface area contributed by atoms with Crippen molar-refractivity contribution >= 4 is 0 Å². The maximum Gasteiger partial charge on any atom is 0.0558 e. The molecule has 1 heterocycles. The van der Waals surface area contributed by atoms with Crippen molar-refractivity contribution in [2.45, 2.75) is 32.4 Å². The minimum atomic E-state index is 0.269. The van der Waals surface area contributed by atoms with E-state index in [0.717, 1.165) is 19.1 Å². The fraction of sp³-hybridized carbons (Fsp3) is 1.00. The van der Waals surface area contributed by atoms with Crippen LogP contribution in [0.15, 0.2) is 0 Å². The lowest BCUT2D eigenvalue weighted by Gasteiger charge is -2.45. The third kappa shape index (κ3) is 2.93. The summed E-state index contributed by atoms with van der Waals surface area (Å²) < 4.78 is 0. The van der Waals surface area contributed by atoms with E-state index in [1.807, 2.05) is 0 Å². The Hall–Kier alpha value is -0.120. The van der Waals surface area contributed by atoms with Crippen molar-refractivity contribution in [3.8, 4) is 0 Å². The Bertz CT molecular complexity index is 150. The Balaban J connectivity index is 2.21. The molecule has 0 aromatic heterocycles. The van der Waals surface area contributed by atoms with Gasteiger partial charge in [0.15, 0.2) is 0 Å². The van der Waals surface area contributed by atoms with Crippen LogP contribution in [0.5, 0.6) is 0 Å². The molecular formula is C10H22N2O. The molecule has 0 saturated carbocycles. The summed E-state index contributed by atoms with van der Waals surface area (Å²) in [4.78, 5) is 4.73. The normalized spacial score (nSPS) is 24.0. The van der Waals surface area contributed by atoms with Gasteiger partial charge in [-0.2, -0.15) is 0 Å². The minimum Gasteiger partial charge on any atom is -0.395 e. The average Bonchev–Trinajstić information content (AvgIpc) is 1.97. The molecule has 3 nitrogen and oxygen atoms in total. The van der Waals surface area contributed by atoms with Crippen molar-refractivity contribution < 1.29 is 5.11 Å². The molecule has 0 aromatic carbocycles. The van der Waals surface area contributed by atoms with Crippen molar-refractivity contribution in [2.75, 3.05) is 33.3 Å². The van der Waals surface area contributed by atoms with Crippen molar-refractivity contribution in [2.24, 2.45) is 0 Å². The zero-order valence-electron chi connectivity index (χ0n) is 9.03. The quantitative estimate of drug-likeness (QED) is 0.673. The smallest absolute Gasteiger partial charge is 0.0558 e. The molecule has 0 aromatic rings. The molecule has 1 aliphatic rings. The number of nitrogens with zero attached hydrogens (tertiary/aromatic N) is 2. The summed E-state index contributed by atoms with van der Waals surface area (Å²) in [7, 11) is 2.08. The third-order valence-corrected chi connectivity index (χ3v) is 2.86. The second kappa shape index (κ2) is 4.94. The SMILES string of the molecule is CC(C)N1CCC1CN(C)CCO. The van der Waals surface area contributed by atoms with Crippen LogP contribution in [0, 0.1) is 0 Å². The molecule has 3 heteroatoms. The van der Waals surface area contributed by atoms with Gasteiger partial charge in [0.1, 0.15) is 0 Å². The minimum absolute atomic E-state index is 0.269.